The van der Waals surface area contributed by atoms with Crippen LogP contribution in [0.25, 0.3) is 33.3 Å². The van der Waals surface area contributed by atoms with E-state index in [1.807, 2.05) is 85.1 Å². The Bertz CT molecular complexity index is 1480. The van der Waals surface area contributed by atoms with E-state index in [2.05, 4.69) is 15.5 Å². The minimum absolute atomic E-state index is 0.161. The number of benzene rings is 3. The first-order chi connectivity index (χ1) is 16.6. The molecule has 2 heterocycles. The third-order valence-corrected chi connectivity index (χ3v) is 6.75. The molecule has 2 aromatic heterocycles. The smallest absolute Gasteiger partial charge is 0.237 e. The summed E-state index contributed by atoms with van der Waals surface area (Å²) in [5.74, 6) is 1.20. The molecule has 0 saturated carbocycles. The van der Waals surface area contributed by atoms with E-state index in [1.165, 1.54) is 11.8 Å². The molecule has 0 saturated heterocycles. The highest BCUT2D eigenvalue weighted by molar-refractivity contribution is 8.00. The summed E-state index contributed by atoms with van der Waals surface area (Å²) >= 11 is 1.37. The quantitative estimate of drug-likeness (QED) is 0.293. The number of carbonyl (C=O) groups is 1. The Balaban J connectivity index is 1.38. The van der Waals surface area contributed by atoms with E-state index < -0.39 is 5.25 Å². The van der Waals surface area contributed by atoms with Crippen LogP contribution in [0, 0.1) is 0 Å². The summed E-state index contributed by atoms with van der Waals surface area (Å²) in [7, 11) is 1.59. The van der Waals surface area contributed by atoms with Crippen LogP contribution in [0.1, 0.15) is 13.8 Å². The Morgan fingerprint density at radius 1 is 1.06 bits per heavy atom. The fourth-order valence-electron chi connectivity index (χ4n) is 3.93. The molecule has 0 fully saturated rings. The number of para-hydroxylation sites is 1. The zero-order chi connectivity index (χ0) is 23.7. The van der Waals surface area contributed by atoms with Crippen LogP contribution < -0.4 is 10.1 Å². The lowest BCUT2D eigenvalue weighted by Gasteiger charge is -2.14. The molecular weight excluding hydrogens is 448 g/mol. The fraction of sp³-hybridized carbons (Fsp3) is 0.192. The third-order valence-electron chi connectivity index (χ3n) is 5.67. The predicted molar refractivity (Wildman–Crippen MR) is 135 cm³/mol. The van der Waals surface area contributed by atoms with Gasteiger partial charge in [-0.2, -0.15) is 0 Å². The molecule has 5 aromatic rings. The summed E-state index contributed by atoms with van der Waals surface area (Å²) in [5, 5.41) is 13.9. The summed E-state index contributed by atoms with van der Waals surface area (Å²) < 4.78 is 13.6. The summed E-state index contributed by atoms with van der Waals surface area (Å²) in [6, 6.07) is 21.5. The number of nitrogens with one attached hydrogen (secondary N) is 1. The second kappa shape index (κ2) is 9.23. The Hall–Kier alpha value is -3.78. The molecule has 5 rings (SSSR count). The van der Waals surface area contributed by atoms with Crippen LogP contribution in [0.3, 0.4) is 0 Å². The number of nitrogens with zero attached hydrogens (tertiary/aromatic N) is 3. The number of anilines is 1. The number of aromatic nitrogens is 3. The van der Waals surface area contributed by atoms with Gasteiger partial charge < -0.3 is 19.0 Å². The van der Waals surface area contributed by atoms with Crippen molar-refractivity contribution in [3.05, 3.63) is 66.7 Å². The lowest BCUT2D eigenvalue weighted by molar-refractivity contribution is -0.115. The number of fused-ring (bicyclic) bond motifs is 3. The monoisotopic (exact) mass is 472 g/mol. The van der Waals surface area contributed by atoms with Gasteiger partial charge in [-0.3, -0.25) is 4.79 Å². The molecule has 8 heteroatoms. The number of hydrogen-bond donors (Lipinski definition) is 1. The van der Waals surface area contributed by atoms with E-state index in [0.717, 1.165) is 27.7 Å². The highest BCUT2D eigenvalue weighted by Crippen LogP contribution is 2.37. The van der Waals surface area contributed by atoms with Crippen molar-refractivity contribution in [2.45, 2.75) is 30.8 Å². The molecule has 1 amide bonds. The first kappa shape index (κ1) is 22.0. The minimum Gasteiger partial charge on any atom is -0.495 e. The van der Waals surface area contributed by atoms with Crippen molar-refractivity contribution in [2.24, 2.45) is 0 Å². The standard InChI is InChI=1S/C26H24N4O3S/c1-4-30-24(17-10-6-5-7-11-17)28-29-26(30)34-16(2)25(31)27-20-15-22-19(14-23(20)32-3)18-12-8-9-13-21(18)33-22/h5-16H,4H2,1-3H3,(H,27,31). The Labute approximate surface area is 201 Å². The average Bonchev–Trinajstić information content (AvgIpc) is 3.44. The van der Waals surface area contributed by atoms with Gasteiger partial charge in [0.2, 0.25) is 5.91 Å². The molecule has 3 aromatic carbocycles. The molecule has 1 atom stereocenters. The summed E-state index contributed by atoms with van der Waals surface area (Å²) in [5.41, 5.74) is 3.04. The second-order valence-corrected chi connectivity index (χ2v) is 9.12. The van der Waals surface area contributed by atoms with Crippen LogP contribution in [0.5, 0.6) is 5.75 Å². The molecule has 0 aliphatic heterocycles. The van der Waals surface area contributed by atoms with E-state index in [-0.39, 0.29) is 5.91 Å². The molecule has 1 N–H and O–H groups in total. The van der Waals surface area contributed by atoms with Gasteiger partial charge in [0.1, 0.15) is 16.9 Å². The van der Waals surface area contributed by atoms with Gasteiger partial charge in [0, 0.05) is 28.9 Å². The summed E-state index contributed by atoms with van der Waals surface area (Å²) in [6.07, 6.45) is 0. The van der Waals surface area contributed by atoms with E-state index in [1.54, 1.807) is 7.11 Å². The first-order valence-corrected chi connectivity index (χ1v) is 11.9. The van der Waals surface area contributed by atoms with E-state index in [4.69, 9.17) is 9.15 Å². The first-order valence-electron chi connectivity index (χ1n) is 11.0. The van der Waals surface area contributed by atoms with E-state index in [9.17, 15) is 4.79 Å². The lowest BCUT2D eigenvalue weighted by Crippen LogP contribution is -2.23. The van der Waals surface area contributed by atoms with Crippen molar-refractivity contribution < 1.29 is 13.9 Å². The Morgan fingerprint density at radius 3 is 2.59 bits per heavy atom. The minimum atomic E-state index is -0.408. The number of rotatable bonds is 7. The topological polar surface area (TPSA) is 82.2 Å². The summed E-state index contributed by atoms with van der Waals surface area (Å²) in [4.78, 5) is 13.1. The number of amides is 1. The van der Waals surface area contributed by atoms with Gasteiger partial charge in [0.05, 0.1) is 18.0 Å². The van der Waals surface area contributed by atoms with Crippen LogP contribution >= 0.6 is 11.8 Å². The van der Waals surface area contributed by atoms with Crippen molar-refractivity contribution in [3.63, 3.8) is 0 Å². The zero-order valence-corrected chi connectivity index (χ0v) is 19.9. The van der Waals surface area contributed by atoms with Crippen LogP contribution in [-0.2, 0) is 11.3 Å². The predicted octanol–water partition coefficient (Wildman–Crippen LogP) is 5.99. The Morgan fingerprint density at radius 2 is 1.82 bits per heavy atom. The van der Waals surface area contributed by atoms with Crippen LogP contribution in [-0.4, -0.2) is 33.0 Å². The Kier molecular flexibility index (Phi) is 5.98. The number of thioether (sulfide) groups is 1. The van der Waals surface area contributed by atoms with Crippen LogP contribution in [0.2, 0.25) is 0 Å². The molecule has 0 radical (unpaired) electrons. The molecule has 7 nitrogen and oxygen atoms in total. The van der Waals surface area contributed by atoms with Crippen molar-refractivity contribution in [1.29, 1.82) is 0 Å². The molecule has 1 unspecified atom stereocenters. The molecule has 0 bridgehead atoms. The average molecular weight is 473 g/mol. The van der Waals surface area contributed by atoms with Crippen LogP contribution in [0.15, 0.2) is 76.3 Å². The molecule has 0 aliphatic rings. The van der Waals surface area contributed by atoms with Gasteiger partial charge >= 0.3 is 0 Å². The number of methoxy groups -OCH3 is 1. The van der Waals surface area contributed by atoms with E-state index >= 15 is 0 Å². The highest BCUT2D eigenvalue weighted by Gasteiger charge is 2.22. The number of furan rings is 1. The van der Waals surface area contributed by atoms with Gasteiger partial charge in [-0.1, -0.05) is 60.3 Å². The molecule has 34 heavy (non-hydrogen) atoms. The number of carbonyl (C=O) groups excluding carboxylic acids is 1. The maximum atomic E-state index is 13.1. The van der Waals surface area contributed by atoms with Crippen molar-refractivity contribution in [1.82, 2.24) is 14.8 Å². The SMILES string of the molecule is CCn1c(SC(C)C(=O)Nc2cc3oc4ccccc4c3cc2OC)nnc1-c1ccccc1. The fourth-order valence-corrected chi connectivity index (χ4v) is 4.84. The second-order valence-electron chi connectivity index (χ2n) is 7.81. The summed E-state index contributed by atoms with van der Waals surface area (Å²) in [6.45, 7) is 4.59. The van der Waals surface area contributed by atoms with Crippen molar-refractivity contribution in [3.8, 4) is 17.1 Å². The highest BCUT2D eigenvalue weighted by atomic mass is 32.2. The molecule has 0 spiro atoms. The normalized spacial score (nSPS) is 12.2. The van der Waals surface area contributed by atoms with Crippen LogP contribution in [0.4, 0.5) is 5.69 Å². The van der Waals surface area contributed by atoms with Crippen molar-refractivity contribution >= 4 is 45.3 Å². The number of ether oxygens (including phenoxy) is 1. The molecule has 172 valence electrons. The van der Waals surface area contributed by atoms with Gasteiger partial charge in [-0.25, -0.2) is 0 Å². The zero-order valence-electron chi connectivity index (χ0n) is 19.1. The largest absolute Gasteiger partial charge is 0.495 e. The van der Waals surface area contributed by atoms with Gasteiger partial charge in [0.25, 0.3) is 0 Å². The van der Waals surface area contributed by atoms with E-state index in [0.29, 0.717) is 28.7 Å². The lowest BCUT2D eigenvalue weighted by atomic mass is 10.1. The maximum absolute atomic E-state index is 13.1. The third kappa shape index (κ3) is 4.01. The van der Waals surface area contributed by atoms with Crippen molar-refractivity contribution in [2.75, 3.05) is 12.4 Å². The number of hydrogen-bond acceptors (Lipinski definition) is 6. The van der Waals surface area contributed by atoms with Gasteiger partial charge in [-0.05, 0) is 26.0 Å². The molecule has 0 aliphatic carbocycles. The van der Waals surface area contributed by atoms with Gasteiger partial charge in [-0.15, -0.1) is 10.2 Å². The maximum Gasteiger partial charge on any atom is 0.237 e. The van der Waals surface area contributed by atoms with Gasteiger partial charge in [0.15, 0.2) is 11.0 Å². The molecular formula is C26H24N4O3S.